The molecule has 3 aromatic rings. The number of nitrogens with one attached hydrogen (secondary N) is 2. The molecule has 2 N–H and O–H groups in total. The summed E-state index contributed by atoms with van der Waals surface area (Å²) in [7, 11) is 1.60. The van der Waals surface area contributed by atoms with Crippen molar-refractivity contribution < 1.29 is 9.53 Å². The first-order valence-corrected chi connectivity index (χ1v) is 7.79. The van der Waals surface area contributed by atoms with Gasteiger partial charge in [0, 0.05) is 16.7 Å². The molecule has 3 rings (SSSR count). The van der Waals surface area contributed by atoms with E-state index in [-0.39, 0.29) is 11.5 Å². The van der Waals surface area contributed by atoms with Crippen molar-refractivity contribution in [2.24, 2.45) is 0 Å². The first-order valence-electron chi connectivity index (χ1n) is 7.03. The Bertz CT molecular complexity index is 893. The van der Waals surface area contributed by atoms with Gasteiger partial charge < -0.3 is 10.1 Å². The van der Waals surface area contributed by atoms with Crippen molar-refractivity contribution in [1.29, 1.82) is 0 Å². The number of carbonyl (C=O) groups is 1. The number of aromatic nitrogens is 2. The van der Waals surface area contributed by atoms with E-state index in [9.17, 15) is 4.79 Å². The van der Waals surface area contributed by atoms with Crippen molar-refractivity contribution >= 4 is 34.9 Å². The number of nitrogens with zero attached hydrogens (tertiary/aromatic N) is 1. The third-order valence-corrected chi connectivity index (χ3v) is 3.95. The maximum Gasteiger partial charge on any atom is 0.258 e. The van der Waals surface area contributed by atoms with Gasteiger partial charge in [-0.05, 0) is 30.3 Å². The van der Waals surface area contributed by atoms with Crippen LogP contribution in [0.2, 0.25) is 10.0 Å². The Balaban J connectivity index is 1.84. The molecule has 0 saturated heterocycles. The summed E-state index contributed by atoms with van der Waals surface area (Å²) in [6.07, 6.45) is 0. The van der Waals surface area contributed by atoms with E-state index >= 15 is 0 Å². The van der Waals surface area contributed by atoms with Gasteiger partial charge in [-0.25, -0.2) is 0 Å². The van der Waals surface area contributed by atoms with Crippen LogP contribution in [-0.2, 0) is 0 Å². The largest absolute Gasteiger partial charge is 0.496 e. The van der Waals surface area contributed by atoms with E-state index in [1.165, 1.54) is 6.07 Å². The van der Waals surface area contributed by atoms with E-state index in [0.29, 0.717) is 21.6 Å². The van der Waals surface area contributed by atoms with Gasteiger partial charge in [-0.1, -0.05) is 35.3 Å². The van der Waals surface area contributed by atoms with Gasteiger partial charge in [0.15, 0.2) is 5.82 Å². The molecule has 122 valence electrons. The van der Waals surface area contributed by atoms with Crippen LogP contribution in [0, 0.1) is 0 Å². The molecule has 1 amide bonds. The number of hydrogen-bond donors (Lipinski definition) is 2. The summed E-state index contributed by atoms with van der Waals surface area (Å²) in [5.74, 6) is 0.689. The summed E-state index contributed by atoms with van der Waals surface area (Å²) in [6.45, 7) is 0. The summed E-state index contributed by atoms with van der Waals surface area (Å²) < 4.78 is 5.32. The molecule has 0 aliphatic rings. The van der Waals surface area contributed by atoms with E-state index in [1.54, 1.807) is 25.3 Å². The minimum atomic E-state index is -0.388. The van der Waals surface area contributed by atoms with Crippen LogP contribution >= 0.6 is 23.2 Å². The van der Waals surface area contributed by atoms with Crippen molar-refractivity contribution in [3.05, 3.63) is 64.1 Å². The van der Waals surface area contributed by atoms with Crippen LogP contribution < -0.4 is 10.1 Å². The number of carbonyl (C=O) groups excluding carboxylic acids is 1. The number of H-pyrrole nitrogens is 1. The van der Waals surface area contributed by atoms with E-state index in [1.807, 2.05) is 24.3 Å². The summed E-state index contributed by atoms with van der Waals surface area (Å²) in [5, 5.41) is 10.4. The second kappa shape index (κ2) is 6.95. The molecule has 2 aromatic carbocycles. The third kappa shape index (κ3) is 3.37. The Morgan fingerprint density at radius 3 is 2.75 bits per heavy atom. The lowest BCUT2D eigenvalue weighted by molar-refractivity contribution is 0.102. The van der Waals surface area contributed by atoms with Crippen LogP contribution in [0.15, 0.2) is 48.5 Å². The fourth-order valence-electron chi connectivity index (χ4n) is 2.25. The van der Waals surface area contributed by atoms with Crippen LogP contribution in [0.5, 0.6) is 5.75 Å². The van der Waals surface area contributed by atoms with Crippen LogP contribution in [0.3, 0.4) is 0 Å². The quantitative estimate of drug-likeness (QED) is 0.710. The van der Waals surface area contributed by atoms with Crippen LogP contribution in [0.4, 0.5) is 5.82 Å². The molecule has 0 unspecified atom stereocenters. The molecule has 0 bridgehead atoms. The molecule has 0 aliphatic heterocycles. The van der Waals surface area contributed by atoms with E-state index in [4.69, 9.17) is 27.9 Å². The first kappa shape index (κ1) is 16.4. The van der Waals surface area contributed by atoms with Gasteiger partial charge in [0.2, 0.25) is 0 Å². The Morgan fingerprint density at radius 2 is 1.96 bits per heavy atom. The van der Waals surface area contributed by atoms with Gasteiger partial charge in [0.05, 0.1) is 23.4 Å². The number of para-hydroxylation sites is 1. The highest BCUT2D eigenvalue weighted by atomic mass is 35.5. The smallest absolute Gasteiger partial charge is 0.258 e. The molecule has 1 heterocycles. The minimum absolute atomic E-state index is 0.283. The van der Waals surface area contributed by atoms with Crippen LogP contribution in [0.25, 0.3) is 11.3 Å². The Morgan fingerprint density at radius 1 is 1.17 bits per heavy atom. The monoisotopic (exact) mass is 361 g/mol. The van der Waals surface area contributed by atoms with Gasteiger partial charge in [-0.3, -0.25) is 9.89 Å². The van der Waals surface area contributed by atoms with Crippen LogP contribution in [0.1, 0.15) is 10.4 Å². The van der Waals surface area contributed by atoms with Gasteiger partial charge in [0.1, 0.15) is 5.75 Å². The fraction of sp³-hybridized carbons (Fsp3) is 0.0588. The molecule has 0 atom stereocenters. The van der Waals surface area contributed by atoms with Crippen LogP contribution in [-0.4, -0.2) is 23.2 Å². The van der Waals surface area contributed by atoms with Crippen molar-refractivity contribution in [3.8, 4) is 17.0 Å². The topological polar surface area (TPSA) is 67.0 Å². The molecule has 0 fully saturated rings. The Labute approximate surface area is 148 Å². The number of hydrogen-bond acceptors (Lipinski definition) is 3. The van der Waals surface area contributed by atoms with Crippen molar-refractivity contribution in [3.63, 3.8) is 0 Å². The molecule has 1 aromatic heterocycles. The number of benzene rings is 2. The highest BCUT2D eigenvalue weighted by Crippen LogP contribution is 2.29. The zero-order valence-electron chi connectivity index (χ0n) is 12.6. The number of aromatic amines is 1. The highest BCUT2D eigenvalue weighted by molar-refractivity contribution is 6.36. The second-order valence-electron chi connectivity index (χ2n) is 4.95. The fourth-order valence-corrected chi connectivity index (χ4v) is 2.62. The lowest BCUT2D eigenvalue weighted by Gasteiger charge is -2.05. The number of rotatable bonds is 4. The third-order valence-electron chi connectivity index (χ3n) is 3.39. The molecular weight excluding hydrogens is 349 g/mol. The number of amides is 1. The standard InChI is InChI=1S/C17H13Cl2N3O2/c1-24-15-5-3-2-4-11(15)14-9-16(22-21-14)20-17(23)12-8-10(18)6-7-13(12)19/h2-9H,1H3,(H2,20,21,22,23). The molecule has 0 spiro atoms. The SMILES string of the molecule is COc1ccccc1-c1cc(NC(=O)c2cc(Cl)ccc2Cl)n[nH]1. The van der Waals surface area contributed by atoms with Crippen molar-refractivity contribution in [2.45, 2.75) is 0 Å². The van der Waals surface area contributed by atoms with Gasteiger partial charge in [-0.2, -0.15) is 5.10 Å². The number of methoxy groups -OCH3 is 1. The molecule has 24 heavy (non-hydrogen) atoms. The number of halogens is 2. The molecule has 0 aliphatic carbocycles. The number of anilines is 1. The highest BCUT2D eigenvalue weighted by Gasteiger charge is 2.14. The molecular formula is C17H13Cl2N3O2. The summed E-state index contributed by atoms with van der Waals surface area (Å²) in [4.78, 5) is 12.3. The Kier molecular flexibility index (Phi) is 4.74. The van der Waals surface area contributed by atoms with Gasteiger partial charge in [-0.15, -0.1) is 0 Å². The van der Waals surface area contributed by atoms with Crippen molar-refractivity contribution in [2.75, 3.05) is 12.4 Å². The zero-order chi connectivity index (χ0) is 17.1. The predicted octanol–water partition coefficient (Wildman–Crippen LogP) is 4.64. The zero-order valence-corrected chi connectivity index (χ0v) is 14.2. The lowest BCUT2D eigenvalue weighted by atomic mass is 10.1. The number of ether oxygens (including phenoxy) is 1. The average Bonchev–Trinajstić information content (AvgIpc) is 3.05. The molecule has 0 saturated carbocycles. The average molecular weight is 362 g/mol. The summed E-state index contributed by atoms with van der Waals surface area (Å²) in [5.41, 5.74) is 1.85. The summed E-state index contributed by atoms with van der Waals surface area (Å²) >= 11 is 11.9. The minimum Gasteiger partial charge on any atom is -0.496 e. The second-order valence-corrected chi connectivity index (χ2v) is 5.79. The normalized spacial score (nSPS) is 10.5. The predicted molar refractivity (Wildman–Crippen MR) is 95.0 cm³/mol. The summed E-state index contributed by atoms with van der Waals surface area (Å²) in [6, 6.07) is 13.9. The lowest BCUT2D eigenvalue weighted by Crippen LogP contribution is -2.12. The van der Waals surface area contributed by atoms with E-state index in [0.717, 1.165) is 11.3 Å². The first-order chi connectivity index (χ1) is 11.6. The van der Waals surface area contributed by atoms with Gasteiger partial charge in [0.25, 0.3) is 5.91 Å². The molecule has 0 radical (unpaired) electrons. The Hall–Kier alpha value is -2.50. The van der Waals surface area contributed by atoms with E-state index < -0.39 is 0 Å². The van der Waals surface area contributed by atoms with Gasteiger partial charge >= 0.3 is 0 Å². The maximum absolute atomic E-state index is 12.3. The molecule has 7 heteroatoms. The maximum atomic E-state index is 12.3. The van der Waals surface area contributed by atoms with Crippen molar-refractivity contribution in [1.82, 2.24) is 10.2 Å². The molecule has 5 nitrogen and oxygen atoms in total. The van der Waals surface area contributed by atoms with E-state index in [2.05, 4.69) is 15.5 Å².